The second-order valence-electron chi connectivity index (χ2n) is 4.14. The van der Waals surface area contributed by atoms with Crippen LogP contribution in [0.2, 0.25) is 0 Å². The molecule has 4 heteroatoms. The van der Waals surface area contributed by atoms with Crippen molar-refractivity contribution >= 4 is 17.0 Å². The third-order valence-electron chi connectivity index (χ3n) is 3.24. The lowest BCUT2D eigenvalue weighted by atomic mass is 10.1. The number of anilines is 1. The molecule has 2 N–H and O–H groups in total. The Bertz CT molecular complexity index is 515. The van der Waals surface area contributed by atoms with Gasteiger partial charge in [0, 0.05) is 6.04 Å². The first kappa shape index (κ1) is 11.8. The first-order valence-electron chi connectivity index (χ1n) is 6.03. The van der Waals surface area contributed by atoms with E-state index in [1.54, 1.807) is 7.11 Å². The average Bonchev–Trinajstić information content (AvgIpc) is 2.68. The van der Waals surface area contributed by atoms with Crippen molar-refractivity contribution in [1.82, 2.24) is 9.55 Å². The van der Waals surface area contributed by atoms with Gasteiger partial charge in [-0.2, -0.15) is 0 Å². The van der Waals surface area contributed by atoms with E-state index in [1.165, 1.54) is 0 Å². The summed E-state index contributed by atoms with van der Waals surface area (Å²) in [6.45, 7) is 4.33. The number of imidazole rings is 1. The maximum atomic E-state index is 6.03. The van der Waals surface area contributed by atoms with Crippen LogP contribution in [0.4, 0.5) is 5.95 Å². The lowest BCUT2D eigenvalue weighted by Crippen LogP contribution is -2.10. The molecule has 0 fully saturated rings. The topological polar surface area (TPSA) is 53.1 Å². The van der Waals surface area contributed by atoms with Gasteiger partial charge in [-0.25, -0.2) is 4.98 Å². The number of nitrogen functional groups attached to an aromatic ring is 1. The molecule has 0 bridgehead atoms. The Morgan fingerprint density at radius 2 is 2.06 bits per heavy atom. The Hall–Kier alpha value is -1.71. The summed E-state index contributed by atoms with van der Waals surface area (Å²) in [5, 5.41) is 0. The van der Waals surface area contributed by atoms with Gasteiger partial charge in [-0.05, 0) is 25.0 Å². The first-order chi connectivity index (χ1) is 8.22. The third kappa shape index (κ3) is 1.84. The number of aromatic nitrogens is 2. The van der Waals surface area contributed by atoms with E-state index in [2.05, 4.69) is 23.4 Å². The molecule has 2 rings (SSSR count). The lowest BCUT2D eigenvalue weighted by molar-refractivity contribution is 0.419. The summed E-state index contributed by atoms with van der Waals surface area (Å²) in [5.74, 6) is 1.34. The summed E-state index contributed by atoms with van der Waals surface area (Å²) >= 11 is 0. The zero-order valence-corrected chi connectivity index (χ0v) is 10.6. The normalized spacial score (nSPS) is 11.3. The minimum Gasteiger partial charge on any atom is -0.494 e. The van der Waals surface area contributed by atoms with Crippen molar-refractivity contribution < 1.29 is 4.74 Å². The Labute approximate surface area is 101 Å². The van der Waals surface area contributed by atoms with Crippen LogP contribution in [0.1, 0.15) is 32.7 Å². The van der Waals surface area contributed by atoms with E-state index < -0.39 is 0 Å². The molecule has 0 aliphatic heterocycles. The molecule has 0 radical (unpaired) electrons. The number of fused-ring (bicyclic) bond motifs is 1. The molecule has 0 amide bonds. The number of benzene rings is 1. The number of ether oxygens (including phenoxy) is 1. The largest absolute Gasteiger partial charge is 0.494 e. The van der Waals surface area contributed by atoms with E-state index in [0.29, 0.717) is 12.0 Å². The van der Waals surface area contributed by atoms with Crippen molar-refractivity contribution in [3.63, 3.8) is 0 Å². The van der Waals surface area contributed by atoms with Crippen LogP contribution in [0, 0.1) is 0 Å². The number of para-hydroxylation sites is 1. The highest BCUT2D eigenvalue weighted by Gasteiger charge is 2.16. The molecular formula is C13H19N3O. The zero-order valence-electron chi connectivity index (χ0n) is 10.6. The average molecular weight is 233 g/mol. The number of hydrogen-bond donors (Lipinski definition) is 1. The molecule has 0 saturated carbocycles. The van der Waals surface area contributed by atoms with Crippen LogP contribution in [-0.4, -0.2) is 16.7 Å². The van der Waals surface area contributed by atoms with Crippen molar-refractivity contribution in [3.8, 4) is 5.75 Å². The van der Waals surface area contributed by atoms with Crippen molar-refractivity contribution in [2.45, 2.75) is 32.7 Å². The van der Waals surface area contributed by atoms with Gasteiger partial charge in [0.05, 0.1) is 12.6 Å². The van der Waals surface area contributed by atoms with E-state index in [4.69, 9.17) is 10.5 Å². The fourth-order valence-corrected chi connectivity index (χ4v) is 2.31. The van der Waals surface area contributed by atoms with Crippen LogP contribution in [-0.2, 0) is 0 Å². The predicted octanol–water partition coefficient (Wildman–Crippen LogP) is 2.99. The molecule has 2 aromatic rings. The molecule has 1 heterocycles. The molecular weight excluding hydrogens is 214 g/mol. The molecule has 17 heavy (non-hydrogen) atoms. The van der Waals surface area contributed by atoms with E-state index in [0.717, 1.165) is 29.6 Å². The molecule has 92 valence electrons. The number of nitrogens with zero attached hydrogens (tertiary/aromatic N) is 2. The van der Waals surface area contributed by atoms with Crippen LogP contribution < -0.4 is 10.5 Å². The van der Waals surface area contributed by atoms with Crippen LogP contribution in [0.25, 0.3) is 11.0 Å². The maximum absolute atomic E-state index is 6.03. The summed E-state index contributed by atoms with van der Waals surface area (Å²) in [4.78, 5) is 4.42. The summed E-state index contributed by atoms with van der Waals surface area (Å²) in [6.07, 6.45) is 2.09. The second-order valence-corrected chi connectivity index (χ2v) is 4.14. The van der Waals surface area contributed by atoms with Gasteiger partial charge in [0.2, 0.25) is 5.95 Å². The summed E-state index contributed by atoms with van der Waals surface area (Å²) in [5.41, 5.74) is 7.92. The summed E-state index contributed by atoms with van der Waals surface area (Å²) in [7, 11) is 1.65. The van der Waals surface area contributed by atoms with Gasteiger partial charge in [0.25, 0.3) is 0 Å². The fraction of sp³-hybridized carbons (Fsp3) is 0.462. The summed E-state index contributed by atoms with van der Waals surface area (Å²) in [6, 6.07) is 6.32. The molecule has 1 aromatic heterocycles. The molecule has 0 aliphatic rings. The van der Waals surface area contributed by atoms with Gasteiger partial charge < -0.3 is 15.0 Å². The first-order valence-corrected chi connectivity index (χ1v) is 6.03. The number of hydrogen-bond acceptors (Lipinski definition) is 3. The Kier molecular flexibility index (Phi) is 3.22. The van der Waals surface area contributed by atoms with E-state index in [1.807, 2.05) is 18.2 Å². The van der Waals surface area contributed by atoms with Gasteiger partial charge in [-0.15, -0.1) is 0 Å². The molecule has 1 aromatic carbocycles. The van der Waals surface area contributed by atoms with Crippen molar-refractivity contribution in [3.05, 3.63) is 18.2 Å². The number of rotatable bonds is 4. The zero-order chi connectivity index (χ0) is 12.4. The standard InChI is InChI=1S/C13H19N3O/c1-4-9(5-2)16-10-7-6-8-11(17-3)12(10)15-13(16)14/h6-9H,4-5H2,1-3H3,(H2,14,15). The molecule has 0 unspecified atom stereocenters. The molecule has 0 spiro atoms. The highest BCUT2D eigenvalue weighted by Crippen LogP contribution is 2.31. The van der Waals surface area contributed by atoms with Crippen molar-refractivity contribution in [2.75, 3.05) is 12.8 Å². The third-order valence-corrected chi connectivity index (χ3v) is 3.24. The lowest BCUT2D eigenvalue weighted by Gasteiger charge is -2.16. The van der Waals surface area contributed by atoms with Crippen LogP contribution in [0.3, 0.4) is 0 Å². The second kappa shape index (κ2) is 4.65. The van der Waals surface area contributed by atoms with Gasteiger partial charge in [-0.3, -0.25) is 0 Å². The van der Waals surface area contributed by atoms with Crippen molar-refractivity contribution in [1.29, 1.82) is 0 Å². The highest BCUT2D eigenvalue weighted by molar-refractivity contribution is 5.84. The SMILES string of the molecule is CCC(CC)n1c(N)nc2c(OC)cccc21. The summed E-state index contributed by atoms with van der Waals surface area (Å²) < 4.78 is 7.42. The Morgan fingerprint density at radius 3 is 2.65 bits per heavy atom. The quantitative estimate of drug-likeness (QED) is 0.883. The van der Waals surface area contributed by atoms with E-state index in [9.17, 15) is 0 Å². The van der Waals surface area contributed by atoms with Crippen molar-refractivity contribution in [2.24, 2.45) is 0 Å². The molecule has 4 nitrogen and oxygen atoms in total. The Morgan fingerprint density at radius 1 is 1.35 bits per heavy atom. The number of nitrogens with two attached hydrogens (primary N) is 1. The van der Waals surface area contributed by atoms with Gasteiger partial charge in [0.1, 0.15) is 11.3 Å². The van der Waals surface area contributed by atoms with Gasteiger partial charge >= 0.3 is 0 Å². The maximum Gasteiger partial charge on any atom is 0.201 e. The van der Waals surface area contributed by atoms with Crippen LogP contribution in [0.15, 0.2) is 18.2 Å². The molecule has 0 atom stereocenters. The van der Waals surface area contributed by atoms with Gasteiger partial charge in [0.15, 0.2) is 0 Å². The smallest absolute Gasteiger partial charge is 0.201 e. The molecule has 0 aliphatic carbocycles. The monoisotopic (exact) mass is 233 g/mol. The highest BCUT2D eigenvalue weighted by atomic mass is 16.5. The minimum absolute atomic E-state index is 0.395. The predicted molar refractivity (Wildman–Crippen MR) is 70.3 cm³/mol. The van der Waals surface area contributed by atoms with Crippen LogP contribution >= 0.6 is 0 Å². The van der Waals surface area contributed by atoms with Gasteiger partial charge in [-0.1, -0.05) is 19.9 Å². The minimum atomic E-state index is 0.395. The number of methoxy groups -OCH3 is 1. The van der Waals surface area contributed by atoms with E-state index in [-0.39, 0.29) is 0 Å². The molecule has 0 saturated heterocycles. The van der Waals surface area contributed by atoms with Crippen LogP contribution in [0.5, 0.6) is 5.75 Å². The van der Waals surface area contributed by atoms with E-state index >= 15 is 0 Å². The Balaban J connectivity index is 2.67. The fourth-order valence-electron chi connectivity index (χ4n) is 2.31.